The molecular formula is C15H19BrF2O. The number of hydrogen-bond acceptors (Lipinski definition) is 1. The van der Waals surface area contributed by atoms with Gasteiger partial charge in [0, 0.05) is 12.0 Å². The fourth-order valence-electron chi connectivity index (χ4n) is 3.02. The van der Waals surface area contributed by atoms with Crippen LogP contribution in [-0.2, 0) is 6.42 Å². The second-order valence-electron chi connectivity index (χ2n) is 5.76. The molecule has 106 valence electrons. The lowest BCUT2D eigenvalue weighted by Gasteiger charge is -2.42. The second-order valence-corrected chi connectivity index (χ2v) is 6.61. The van der Waals surface area contributed by atoms with Crippen LogP contribution < -0.4 is 0 Å². The molecule has 1 aromatic rings. The van der Waals surface area contributed by atoms with E-state index in [4.69, 9.17) is 0 Å². The summed E-state index contributed by atoms with van der Waals surface area (Å²) >= 11 is 3.07. The summed E-state index contributed by atoms with van der Waals surface area (Å²) in [5.41, 5.74) is -1.03. The van der Waals surface area contributed by atoms with Gasteiger partial charge in [0.1, 0.15) is 11.6 Å². The molecule has 3 atom stereocenters. The molecule has 1 aliphatic carbocycles. The van der Waals surface area contributed by atoms with Crippen LogP contribution in [0.4, 0.5) is 8.78 Å². The van der Waals surface area contributed by atoms with E-state index >= 15 is 0 Å². The fraction of sp³-hybridized carbons (Fsp3) is 0.600. The standard InChI is InChI=1S/C15H19BrF2O/c1-9-4-3-7-15(19,10(9)2)8-11-13(17)6-5-12(16)14(11)18/h5-6,9-10,19H,3-4,7-8H2,1-2H3. The van der Waals surface area contributed by atoms with Crippen LogP contribution in [0.15, 0.2) is 16.6 Å². The minimum Gasteiger partial charge on any atom is -0.389 e. The van der Waals surface area contributed by atoms with E-state index in [1.165, 1.54) is 12.1 Å². The van der Waals surface area contributed by atoms with Crippen LogP contribution in [0.25, 0.3) is 0 Å². The molecule has 2 rings (SSSR count). The molecule has 1 saturated carbocycles. The molecule has 0 aliphatic heterocycles. The summed E-state index contributed by atoms with van der Waals surface area (Å²) in [4.78, 5) is 0. The zero-order valence-corrected chi connectivity index (χ0v) is 12.8. The summed E-state index contributed by atoms with van der Waals surface area (Å²) < 4.78 is 28.1. The molecule has 1 fully saturated rings. The lowest BCUT2D eigenvalue weighted by Crippen LogP contribution is -2.45. The third-order valence-electron chi connectivity index (χ3n) is 4.59. The zero-order valence-electron chi connectivity index (χ0n) is 11.2. The maximum absolute atomic E-state index is 14.0. The van der Waals surface area contributed by atoms with Crippen LogP contribution in [0, 0.1) is 23.5 Å². The summed E-state index contributed by atoms with van der Waals surface area (Å²) in [5.74, 6) is -0.769. The van der Waals surface area contributed by atoms with Crippen molar-refractivity contribution in [3.8, 4) is 0 Å². The zero-order chi connectivity index (χ0) is 14.2. The van der Waals surface area contributed by atoms with E-state index in [1.54, 1.807) is 0 Å². The van der Waals surface area contributed by atoms with Crippen molar-refractivity contribution >= 4 is 15.9 Å². The first-order valence-corrected chi connectivity index (χ1v) is 7.49. The van der Waals surface area contributed by atoms with Gasteiger partial charge in [0.2, 0.25) is 0 Å². The molecule has 0 aromatic heterocycles. The van der Waals surface area contributed by atoms with Gasteiger partial charge in [0.05, 0.1) is 10.1 Å². The average Bonchev–Trinajstić information content (AvgIpc) is 2.37. The van der Waals surface area contributed by atoms with Crippen molar-refractivity contribution < 1.29 is 13.9 Å². The summed E-state index contributed by atoms with van der Waals surface area (Å²) in [7, 11) is 0. The second kappa shape index (κ2) is 5.49. The Morgan fingerprint density at radius 3 is 2.74 bits per heavy atom. The van der Waals surface area contributed by atoms with Gasteiger partial charge >= 0.3 is 0 Å². The fourth-order valence-corrected chi connectivity index (χ4v) is 3.40. The van der Waals surface area contributed by atoms with E-state index < -0.39 is 17.2 Å². The monoisotopic (exact) mass is 332 g/mol. The van der Waals surface area contributed by atoms with Crippen LogP contribution in [0.2, 0.25) is 0 Å². The Morgan fingerprint density at radius 2 is 2.05 bits per heavy atom. The van der Waals surface area contributed by atoms with Gasteiger partial charge in [-0.05, 0) is 46.3 Å². The number of rotatable bonds is 2. The molecule has 3 unspecified atom stereocenters. The molecule has 1 aliphatic rings. The molecular weight excluding hydrogens is 314 g/mol. The van der Waals surface area contributed by atoms with Gasteiger partial charge in [-0.25, -0.2) is 8.78 Å². The van der Waals surface area contributed by atoms with Gasteiger partial charge in [-0.1, -0.05) is 26.7 Å². The Labute approximate surface area is 121 Å². The SMILES string of the molecule is CC1CCCC(O)(Cc2c(F)ccc(Br)c2F)C1C. The van der Waals surface area contributed by atoms with Gasteiger partial charge in [-0.2, -0.15) is 0 Å². The third-order valence-corrected chi connectivity index (χ3v) is 5.20. The maximum atomic E-state index is 14.0. The van der Waals surface area contributed by atoms with E-state index in [0.29, 0.717) is 12.3 Å². The van der Waals surface area contributed by atoms with Crippen LogP contribution in [-0.4, -0.2) is 10.7 Å². The highest BCUT2D eigenvalue weighted by Crippen LogP contribution is 2.40. The molecule has 0 amide bonds. The molecule has 4 heteroatoms. The lowest BCUT2D eigenvalue weighted by molar-refractivity contribution is -0.0631. The largest absolute Gasteiger partial charge is 0.389 e. The first-order chi connectivity index (χ1) is 8.85. The number of aliphatic hydroxyl groups is 1. The third kappa shape index (κ3) is 2.84. The van der Waals surface area contributed by atoms with Crippen molar-refractivity contribution in [3.05, 3.63) is 33.8 Å². The van der Waals surface area contributed by atoms with Gasteiger partial charge < -0.3 is 5.11 Å². The van der Waals surface area contributed by atoms with E-state index in [0.717, 1.165) is 12.8 Å². The summed E-state index contributed by atoms with van der Waals surface area (Å²) in [5, 5.41) is 10.8. The minimum absolute atomic E-state index is 0.0159. The maximum Gasteiger partial charge on any atom is 0.143 e. The van der Waals surface area contributed by atoms with E-state index in [1.807, 2.05) is 6.92 Å². The molecule has 0 radical (unpaired) electrons. The first-order valence-electron chi connectivity index (χ1n) is 6.70. The average molecular weight is 333 g/mol. The van der Waals surface area contributed by atoms with Gasteiger partial charge in [-0.15, -0.1) is 0 Å². The molecule has 1 aromatic carbocycles. The quantitative estimate of drug-likeness (QED) is 0.793. The highest BCUT2D eigenvalue weighted by atomic mass is 79.9. The van der Waals surface area contributed by atoms with E-state index in [2.05, 4.69) is 22.9 Å². The van der Waals surface area contributed by atoms with Gasteiger partial charge in [0.15, 0.2) is 0 Å². The van der Waals surface area contributed by atoms with Crippen molar-refractivity contribution in [3.63, 3.8) is 0 Å². The Bertz CT molecular complexity index is 477. The molecule has 0 heterocycles. The normalized spacial score (nSPS) is 31.5. The molecule has 1 nitrogen and oxygen atoms in total. The smallest absolute Gasteiger partial charge is 0.143 e. The highest BCUT2D eigenvalue weighted by molar-refractivity contribution is 9.10. The summed E-state index contributed by atoms with van der Waals surface area (Å²) in [6.07, 6.45) is 2.60. The van der Waals surface area contributed by atoms with Crippen LogP contribution in [0.1, 0.15) is 38.7 Å². The van der Waals surface area contributed by atoms with Gasteiger partial charge in [0.25, 0.3) is 0 Å². The predicted octanol–water partition coefficient (Wildman–Crippen LogP) is 4.46. The number of hydrogen-bond donors (Lipinski definition) is 1. The molecule has 19 heavy (non-hydrogen) atoms. The molecule has 1 N–H and O–H groups in total. The first kappa shape index (κ1) is 14.9. The molecule has 0 spiro atoms. The van der Waals surface area contributed by atoms with Crippen molar-refractivity contribution in [1.82, 2.24) is 0 Å². The van der Waals surface area contributed by atoms with Crippen molar-refractivity contribution in [2.75, 3.05) is 0 Å². The van der Waals surface area contributed by atoms with Crippen molar-refractivity contribution in [1.29, 1.82) is 0 Å². The molecule has 0 saturated heterocycles. The number of benzene rings is 1. The predicted molar refractivity (Wildman–Crippen MR) is 74.9 cm³/mol. The van der Waals surface area contributed by atoms with Crippen molar-refractivity contribution in [2.24, 2.45) is 11.8 Å². The Kier molecular flexibility index (Phi) is 4.31. The van der Waals surface area contributed by atoms with Crippen LogP contribution in [0.5, 0.6) is 0 Å². The summed E-state index contributed by atoms with van der Waals surface area (Å²) in [6.45, 7) is 4.06. The van der Waals surface area contributed by atoms with E-state index in [9.17, 15) is 13.9 Å². The topological polar surface area (TPSA) is 20.2 Å². The van der Waals surface area contributed by atoms with Crippen LogP contribution >= 0.6 is 15.9 Å². The van der Waals surface area contributed by atoms with Crippen molar-refractivity contribution in [2.45, 2.75) is 45.1 Å². The Hall–Kier alpha value is -0.480. The number of halogens is 3. The minimum atomic E-state index is -1.01. The van der Waals surface area contributed by atoms with E-state index in [-0.39, 0.29) is 22.4 Å². The van der Waals surface area contributed by atoms with Gasteiger partial charge in [-0.3, -0.25) is 0 Å². The lowest BCUT2D eigenvalue weighted by atomic mass is 9.68. The van der Waals surface area contributed by atoms with Crippen LogP contribution in [0.3, 0.4) is 0 Å². The Balaban J connectivity index is 2.32. The summed E-state index contributed by atoms with van der Waals surface area (Å²) in [6, 6.07) is 2.59. The molecule has 0 bridgehead atoms. The highest BCUT2D eigenvalue weighted by Gasteiger charge is 2.40. The Morgan fingerprint density at radius 1 is 1.37 bits per heavy atom.